The van der Waals surface area contributed by atoms with Crippen molar-refractivity contribution >= 4 is 64.4 Å². The highest BCUT2D eigenvalue weighted by molar-refractivity contribution is 14.0. The van der Waals surface area contributed by atoms with E-state index in [0.717, 1.165) is 68.4 Å². The average Bonchev–Trinajstić information content (AvgIpc) is 3.43. The Balaban J connectivity index is 0.00000300. The molecule has 29 heavy (non-hydrogen) atoms. The molecule has 3 rings (SSSR count). The monoisotopic (exact) mass is 567 g/mol. The van der Waals surface area contributed by atoms with E-state index in [1.54, 1.807) is 11.3 Å². The summed E-state index contributed by atoms with van der Waals surface area (Å²) in [5, 5.41) is 11.0. The molecule has 2 aromatic heterocycles. The van der Waals surface area contributed by atoms with Crippen LogP contribution >= 0.6 is 58.4 Å². The zero-order chi connectivity index (χ0) is 19.4. The number of nitrogens with zero attached hydrogens (tertiary/aromatic N) is 3. The molecular formula is C19H30IN5OS3. The number of halogens is 1. The molecule has 0 saturated carbocycles. The van der Waals surface area contributed by atoms with Crippen LogP contribution in [0, 0.1) is 0 Å². The first kappa shape index (κ1) is 24.9. The molecule has 2 N–H and O–H groups in total. The van der Waals surface area contributed by atoms with Gasteiger partial charge >= 0.3 is 0 Å². The average molecular weight is 568 g/mol. The van der Waals surface area contributed by atoms with E-state index >= 15 is 0 Å². The fourth-order valence-electron chi connectivity index (χ4n) is 2.99. The van der Waals surface area contributed by atoms with Crippen molar-refractivity contribution in [2.75, 3.05) is 51.7 Å². The van der Waals surface area contributed by atoms with E-state index in [9.17, 15) is 0 Å². The second kappa shape index (κ2) is 14.6. The van der Waals surface area contributed by atoms with Crippen LogP contribution in [0.1, 0.15) is 24.3 Å². The number of hydrogen-bond acceptors (Lipinski definition) is 7. The fourth-order valence-corrected chi connectivity index (χ4v) is 5.49. The topological polar surface area (TPSA) is 61.8 Å². The van der Waals surface area contributed by atoms with Crippen molar-refractivity contribution in [2.45, 2.75) is 23.7 Å². The van der Waals surface area contributed by atoms with E-state index in [1.165, 1.54) is 4.88 Å². The lowest BCUT2D eigenvalue weighted by atomic mass is 10.2. The number of thiazole rings is 1. The van der Waals surface area contributed by atoms with Gasteiger partial charge < -0.3 is 15.4 Å². The van der Waals surface area contributed by atoms with Crippen LogP contribution in [-0.2, 0) is 4.74 Å². The number of rotatable bonds is 10. The van der Waals surface area contributed by atoms with E-state index in [2.05, 4.69) is 45.0 Å². The molecule has 1 unspecified atom stereocenters. The normalized spacial score (nSPS) is 16.2. The number of nitrogens with one attached hydrogen (secondary N) is 2. The molecule has 1 aliphatic heterocycles. The molecule has 1 saturated heterocycles. The van der Waals surface area contributed by atoms with Crippen molar-refractivity contribution < 1.29 is 4.74 Å². The molecule has 0 aromatic carbocycles. The molecule has 0 amide bonds. The van der Waals surface area contributed by atoms with Crippen LogP contribution in [0.25, 0.3) is 0 Å². The lowest BCUT2D eigenvalue weighted by Gasteiger charge is -2.33. The van der Waals surface area contributed by atoms with E-state index in [1.807, 2.05) is 34.7 Å². The summed E-state index contributed by atoms with van der Waals surface area (Å²) in [4.78, 5) is 13.1. The highest BCUT2D eigenvalue weighted by Crippen LogP contribution is 2.26. The second-order valence-electron chi connectivity index (χ2n) is 6.33. The van der Waals surface area contributed by atoms with E-state index in [-0.39, 0.29) is 24.0 Å². The Labute approximate surface area is 202 Å². The van der Waals surface area contributed by atoms with Crippen molar-refractivity contribution in [3.63, 3.8) is 0 Å². The number of guanidine groups is 1. The van der Waals surface area contributed by atoms with Crippen LogP contribution in [0.15, 0.2) is 38.4 Å². The van der Waals surface area contributed by atoms with Gasteiger partial charge in [-0.15, -0.1) is 46.7 Å². The molecule has 1 atom stereocenters. The Morgan fingerprint density at radius 2 is 2.17 bits per heavy atom. The number of hydrogen-bond donors (Lipinski definition) is 2. The summed E-state index contributed by atoms with van der Waals surface area (Å²) in [6.07, 6.45) is 2.94. The lowest BCUT2D eigenvalue weighted by Crippen LogP contribution is -2.41. The molecule has 0 spiro atoms. The third kappa shape index (κ3) is 8.70. The SMILES string of the molecule is CCNC(=NCC(c1cccs1)N1CCOCC1)NCCCSc1nccs1.I. The Hall–Kier alpha value is -0.400. The molecule has 2 aromatic rings. The molecule has 1 aliphatic rings. The van der Waals surface area contributed by atoms with Crippen molar-refractivity contribution in [3.8, 4) is 0 Å². The maximum absolute atomic E-state index is 5.53. The van der Waals surface area contributed by atoms with Gasteiger partial charge in [0.05, 0.1) is 25.8 Å². The molecule has 0 radical (unpaired) electrons. The van der Waals surface area contributed by atoms with E-state index < -0.39 is 0 Å². The van der Waals surface area contributed by atoms with Crippen LogP contribution < -0.4 is 10.6 Å². The Kier molecular flexibility index (Phi) is 12.5. The van der Waals surface area contributed by atoms with Crippen molar-refractivity contribution in [3.05, 3.63) is 34.0 Å². The number of aliphatic imine (C=N–C) groups is 1. The predicted octanol–water partition coefficient (Wildman–Crippen LogP) is 3.93. The third-order valence-corrected chi connectivity index (χ3v) is 7.40. The van der Waals surface area contributed by atoms with Crippen molar-refractivity contribution in [2.24, 2.45) is 4.99 Å². The zero-order valence-corrected chi connectivity index (χ0v) is 21.5. The Bertz CT molecular complexity index is 678. The number of thioether (sulfide) groups is 1. The van der Waals surface area contributed by atoms with Gasteiger partial charge in [0, 0.05) is 48.4 Å². The molecule has 3 heterocycles. The predicted molar refractivity (Wildman–Crippen MR) is 136 cm³/mol. The molecule has 162 valence electrons. The van der Waals surface area contributed by atoms with Gasteiger partial charge in [-0.25, -0.2) is 4.98 Å². The maximum atomic E-state index is 5.53. The largest absolute Gasteiger partial charge is 0.379 e. The number of aromatic nitrogens is 1. The summed E-state index contributed by atoms with van der Waals surface area (Å²) in [5.74, 6) is 1.96. The van der Waals surface area contributed by atoms with Crippen LogP contribution in [0.5, 0.6) is 0 Å². The minimum absolute atomic E-state index is 0. The van der Waals surface area contributed by atoms with Gasteiger partial charge in [0.15, 0.2) is 5.96 Å². The number of morpholine rings is 1. The molecule has 6 nitrogen and oxygen atoms in total. The summed E-state index contributed by atoms with van der Waals surface area (Å²) >= 11 is 5.33. The van der Waals surface area contributed by atoms with Gasteiger partial charge in [0.25, 0.3) is 0 Å². The van der Waals surface area contributed by atoms with Crippen molar-refractivity contribution in [1.29, 1.82) is 0 Å². The molecule has 0 aliphatic carbocycles. The first-order chi connectivity index (χ1) is 13.9. The van der Waals surface area contributed by atoms with Crippen LogP contribution in [0.2, 0.25) is 0 Å². The van der Waals surface area contributed by atoms with Gasteiger partial charge in [0.1, 0.15) is 4.34 Å². The van der Waals surface area contributed by atoms with Gasteiger partial charge in [-0.1, -0.05) is 17.8 Å². The smallest absolute Gasteiger partial charge is 0.191 e. The third-order valence-electron chi connectivity index (χ3n) is 4.37. The standard InChI is InChI=1S/C19H29N5OS3.HI/c1-2-20-18(21-6-4-13-27-19-22-7-14-28-19)23-15-16(17-5-3-12-26-17)24-8-10-25-11-9-24;/h3,5,7,12,14,16H,2,4,6,8-11,13,15H2,1H3,(H2,20,21,23);1H. The van der Waals surface area contributed by atoms with Gasteiger partial charge in [0.2, 0.25) is 0 Å². The highest BCUT2D eigenvalue weighted by atomic mass is 127. The summed E-state index contributed by atoms with van der Waals surface area (Å²) < 4.78 is 6.67. The Morgan fingerprint density at radius 1 is 1.31 bits per heavy atom. The minimum Gasteiger partial charge on any atom is -0.379 e. The highest BCUT2D eigenvalue weighted by Gasteiger charge is 2.23. The fraction of sp³-hybridized carbons (Fsp3) is 0.579. The number of ether oxygens (including phenoxy) is 1. The first-order valence-corrected chi connectivity index (χ1v) is 12.5. The Morgan fingerprint density at radius 3 is 2.86 bits per heavy atom. The van der Waals surface area contributed by atoms with Crippen molar-refractivity contribution in [1.82, 2.24) is 20.5 Å². The molecular weight excluding hydrogens is 537 g/mol. The quantitative estimate of drug-likeness (QED) is 0.149. The molecule has 1 fully saturated rings. The van der Waals surface area contributed by atoms with Crippen LogP contribution in [0.4, 0.5) is 0 Å². The maximum Gasteiger partial charge on any atom is 0.191 e. The second-order valence-corrected chi connectivity index (χ2v) is 9.54. The van der Waals surface area contributed by atoms with E-state index in [4.69, 9.17) is 9.73 Å². The summed E-state index contributed by atoms with van der Waals surface area (Å²) in [6.45, 7) is 8.18. The van der Waals surface area contributed by atoms with Gasteiger partial charge in [-0.3, -0.25) is 9.89 Å². The molecule has 0 bridgehead atoms. The minimum atomic E-state index is 0. The summed E-state index contributed by atoms with van der Waals surface area (Å²) in [5.41, 5.74) is 0. The summed E-state index contributed by atoms with van der Waals surface area (Å²) in [6, 6.07) is 4.66. The van der Waals surface area contributed by atoms with E-state index in [0.29, 0.717) is 6.04 Å². The summed E-state index contributed by atoms with van der Waals surface area (Å²) in [7, 11) is 0. The first-order valence-electron chi connectivity index (χ1n) is 9.76. The van der Waals surface area contributed by atoms with Gasteiger partial charge in [-0.2, -0.15) is 0 Å². The number of thiophene rings is 1. The zero-order valence-electron chi connectivity index (χ0n) is 16.7. The van der Waals surface area contributed by atoms with Crippen LogP contribution in [-0.4, -0.2) is 67.5 Å². The van der Waals surface area contributed by atoms with Gasteiger partial charge in [-0.05, 0) is 24.8 Å². The molecule has 10 heteroatoms. The lowest BCUT2D eigenvalue weighted by molar-refractivity contribution is 0.0186. The van der Waals surface area contributed by atoms with Crippen LogP contribution in [0.3, 0.4) is 0 Å².